The first-order valence-corrected chi connectivity index (χ1v) is 19.3. The van der Waals surface area contributed by atoms with E-state index in [9.17, 15) is 4.79 Å². The summed E-state index contributed by atoms with van der Waals surface area (Å²) in [5, 5.41) is 0. The molecule has 2 aliphatic rings. The maximum atomic E-state index is 12.9. The van der Waals surface area contributed by atoms with Crippen LogP contribution in [0.4, 0.5) is 0 Å². The second kappa shape index (κ2) is 18.4. The highest BCUT2D eigenvalue weighted by Gasteiger charge is 2.49. The van der Waals surface area contributed by atoms with Gasteiger partial charge in [0.2, 0.25) is 0 Å². The summed E-state index contributed by atoms with van der Waals surface area (Å²) in [5.41, 5.74) is 9.95. The zero-order chi connectivity index (χ0) is 37.9. The molecule has 0 amide bonds. The van der Waals surface area contributed by atoms with Crippen LogP contribution in [-0.2, 0) is 56.5 Å². The van der Waals surface area contributed by atoms with Gasteiger partial charge in [0.15, 0.2) is 6.29 Å². The van der Waals surface area contributed by atoms with Crippen LogP contribution in [0.2, 0.25) is 0 Å². The van der Waals surface area contributed by atoms with Crippen molar-refractivity contribution in [2.45, 2.75) is 63.4 Å². The Kier molecular flexibility index (Phi) is 12.3. The Labute approximate surface area is 329 Å². The molecule has 0 bridgehead atoms. The van der Waals surface area contributed by atoms with E-state index >= 15 is 0 Å². The molecule has 0 aromatic heterocycles. The van der Waals surface area contributed by atoms with Crippen molar-refractivity contribution in [3.8, 4) is 0 Å². The van der Waals surface area contributed by atoms with Gasteiger partial charge in [0.25, 0.3) is 0 Å². The lowest BCUT2D eigenvalue weighted by Gasteiger charge is -2.47. The van der Waals surface area contributed by atoms with Gasteiger partial charge in [0, 0.05) is 5.56 Å². The predicted octanol–water partition coefficient (Wildman–Crippen LogP) is 10.0. The molecule has 1 heterocycles. The molecular formula is C50H46O6. The molecule has 0 spiro atoms. The number of benzene rings is 6. The molecule has 1 fully saturated rings. The number of allylic oxidation sites excluding steroid dienone is 1. The molecular weight excluding hydrogens is 697 g/mol. The van der Waals surface area contributed by atoms with Crippen molar-refractivity contribution in [2.75, 3.05) is 6.61 Å². The highest BCUT2D eigenvalue weighted by Crippen LogP contribution is 2.44. The van der Waals surface area contributed by atoms with Crippen LogP contribution in [0.25, 0.3) is 11.6 Å². The molecule has 0 N–H and O–H groups in total. The zero-order valence-corrected chi connectivity index (χ0v) is 31.3. The lowest BCUT2D eigenvalue weighted by Crippen LogP contribution is -2.58. The van der Waals surface area contributed by atoms with Gasteiger partial charge in [0.1, 0.15) is 30.5 Å². The Morgan fingerprint density at radius 2 is 1.05 bits per heavy atom. The van der Waals surface area contributed by atoms with Crippen LogP contribution in [0.1, 0.15) is 61.0 Å². The average molecular weight is 743 g/mol. The van der Waals surface area contributed by atoms with E-state index in [1.165, 1.54) is 5.56 Å². The summed E-state index contributed by atoms with van der Waals surface area (Å²) >= 11 is 0. The van der Waals surface area contributed by atoms with Gasteiger partial charge >= 0.3 is 0 Å². The van der Waals surface area contributed by atoms with Crippen molar-refractivity contribution in [3.05, 3.63) is 214 Å². The molecule has 1 saturated heterocycles. The van der Waals surface area contributed by atoms with Crippen molar-refractivity contribution in [3.63, 3.8) is 0 Å². The fourth-order valence-corrected chi connectivity index (χ4v) is 7.78. The minimum absolute atomic E-state index is 0.248. The van der Waals surface area contributed by atoms with Crippen LogP contribution in [0.15, 0.2) is 164 Å². The molecule has 8 rings (SSSR count). The monoisotopic (exact) mass is 742 g/mol. The summed E-state index contributed by atoms with van der Waals surface area (Å²) in [6.07, 6.45) is 0.869. The molecule has 6 nitrogen and oxygen atoms in total. The third kappa shape index (κ3) is 8.97. The van der Waals surface area contributed by atoms with Gasteiger partial charge in [-0.3, -0.25) is 4.79 Å². The van der Waals surface area contributed by atoms with E-state index < -0.39 is 30.5 Å². The zero-order valence-electron chi connectivity index (χ0n) is 31.3. The number of hydrogen-bond donors (Lipinski definition) is 0. The highest BCUT2D eigenvalue weighted by atomic mass is 16.6. The third-order valence-corrected chi connectivity index (χ3v) is 10.5. The molecule has 6 heteroatoms. The summed E-state index contributed by atoms with van der Waals surface area (Å²) in [6.45, 7) is 1.68. The predicted molar refractivity (Wildman–Crippen MR) is 219 cm³/mol. The largest absolute Gasteiger partial charge is 0.374 e. The van der Waals surface area contributed by atoms with Crippen molar-refractivity contribution in [1.82, 2.24) is 0 Å². The van der Waals surface area contributed by atoms with E-state index in [0.717, 1.165) is 50.8 Å². The van der Waals surface area contributed by atoms with Crippen molar-refractivity contribution in [1.29, 1.82) is 0 Å². The number of ether oxygens (including phenoxy) is 5. The van der Waals surface area contributed by atoms with E-state index in [0.29, 0.717) is 38.4 Å². The molecule has 56 heavy (non-hydrogen) atoms. The fraction of sp³-hybridized carbons (Fsp3) is 0.220. The second-order valence-corrected chi connectivity index (χ2v) is 14.4. The smallest absolute Gasteiger partial charge is 0.150 e. The van der Waals surface area contributed by atoms with Crippen molar-refractivity contribution < 1.29 is 28.5 Å². The number of aldehydes is 1. The van der Waals surface area contributed by atoms with E-state index in [4.69, 9.17) is 23.7 Å². The molecule has 1 aliphatic carbocycles. The van der Waals surface area contributed by atoms with Gasteiger partial charge in [-0.2, -0.15) is 0 Å². The number of carbonyl (C=O) groups excluding carboxylic acids is 1. The molecule has 6 aromatic rings. The molecule has 0 saturated carbocycles. The Bertz CT molecular complexity index is 2190. The normalized spacial score (nSPS) is 20.3. The number of hydrogen-bond acceptors (Lipinski definition) is 6. The molecule has 5 atom stereocenters. The minimum Gasteiger partial charge on any atom is -0.374 e. The SMILES string of the molecule is O=Cc1cccc([C@@H]2O[C@H](COCc3ccccc3)[C@@H](OCc3ccccc3)[C@H](OCc3ccccc3)[C@H]2OCc2ccccc2)c1C1=Cc2ccccc2C1. The average Bonchev–Trinajstić information content (AvgIpc) is 3.70. The highest BCUT2D eigenvalue weighted by molar-refractivity contribution is 5.96. The maximum absolute atomic E-state index is 12.9. The van der Waals surface area contributed by atoms with E-state index in [1.807, 2.05) is 91.0 Å². The van der Waals surface area contributed by atoms with Crippen LogP contribution in [0.3, 0.4) is 0 Å². The first-order chi connectivity index (χ1) is 27.7. The summed E-state index contributed by atoms with van der Waals surface area (Å²) in [6, 6.07) is 54.8. The lowest BCUT2D eigenvalue weighted by atomic mass is 9.84. The molecule has 6 aromatic carbocycles. The number of rotatable bonds is 16. The molecule has 0 unspecified atom stereocenters. The van der Waals surface area contributed by atoms with Crippen LogP contribution >= 0.6 is 0 Å². The van der Waals surface area contributed by atoms with Gasteiger partial charge in [-0.1, -0.05) is 170 Å². The van der Waals surface area contributed by atoms with Gasteiger partial charge < -0.3 is 23.7 Å². The number of carbonyl (C=O) groups is 1. The third-order valence-electron chi connectivity index (χ3n) is 10.5. The van der Waals surface area contributed by atoms with Crippen molar-refractivity contribution in [2.24, 2.45) is 0 Å². The van der Waals surface area contributed by atoms with E-state index in [-0.39, 0.29) is 6.61 Å². The lowest BCUT2D eigenvalue weighted by molar-refractivity contribution is -0.275. The number of fused-ring (bicyclic) bond motifs is 1. The Morgan fingerprint density at radius 3 is 1.62 bits per heavy atom. The first-order valence-electron chi connectivity index (χ1n) is 19.3. The molecule has 0 radical (unpaired) electrons. The maximum Gasteiger partial charge on any atom is 0.150 e. The van der Waals surface area contributed by atoms with Gasteiger partial charge in [-0.05, 0) is 56.5 Å². The topological polar surface area (TPSA) is 63.2 Å². The quantitative estimate of drug-likeness (QED) is 0.0921. The van der Waals surface area contributed by atoms with Gasteiger partial charge in [0.05, 0.1) is 33.0 Å². The summed E-state index contributed by atoms with van der Waals surface area (Å²) in [5.74, 6) is 0. The van der Waals surface area contributed by atoms with Gasteiger partial charge in [-0.15, -0.1) is 0 Å². The summed E-state index contributed by atoms with van der Waals surface area (Å²) in [7, 11) is 0. The van der Waals surface area contributed by atoms with Gasteiger partial charge in [-0.25, -0.2) is 0 Å². The fourth-order valence-electron chi connectivity index (χ4n) is 7.78. The van der Waals surface area contributed by atoms with Crippen LogP contribution in [0.5, 0.6) is 0 Å². The summed E-state index contributed by atoms with van der Waals surface area (Å²) in [4.78, 5) is 12.9. The van der Waals surface area contributed by atoms with E-state index in [1.54, 1.807) is 0 Å². The van der Waals surface area contributed by atoms with E-state index in [2.05, 4.69) is 78.9 Å². The van der Waals surface area contributed by atoms with Crippen LogP contribution in [0, 0.1) is 0 Å². The minimum atomic E-state index is -0.638. The first kappa shape index (κ1) is 37.5. The second-order valence-electron chi connectivity index (χ2n) is 14.4. The summed E-state index contributed by atoms with van der Waals surface area (Å²) < 4.78 is 34.7. The molecule has 1 aliphatic heterocycles. The Morgan fingerprint density at radius 1 is 0.536 bits per heavy atom. The Balaban J connectivity index is 1.22. The van der Waals surface area contributed by atoms with Crippen molar-refractivity contribution >= 4 is 17.9 Å². The standard InChI is InChI=1S/C50H46O6/c51-30-42-26-15-27-44(46(42)43-28-40-24-13-14-25-41(40)29-43)47-49(54-33-38-20-9-3-10-21-38)50(55-34-39-22-11-4-12-23-39)48(53-32-37-18-7-2-8-19-37)45(56-47)35-52-31-36-16-5-1-6-17-36/h1-28,30,45,47-50H,29,31-35H2/t45-,47+,48-,49+,50+/m1/s1. The Hall–Kier alpha value is -5.47. The van der Waals surface area contributed by atoms with Crippen LogP contribution < -0.4 is 0 Å². The van der Waals surface area contributed by atoms with Crippen LogP contribution in [-0.4, -0.2) is 37.3 Å². The molecule has 282 valence electrons.